The number of cyclic esters (lactones) is 1. The first-order valence-electron chi connectivity index (χ1n) is 33.6. The lowest BCUT2D eigenvalue weighted by molar-refractivity contribution is -0.156. The maximum absolute atomic E-state index is 15.5. The summed E-state index contributed by atoms with van der Waals surface area (Å²) in [5.41, 5.74) is 10.8. The first kappa shape index (κ1) is 60.3. The van der Waals surface area contributed by atoms with Crippen LogP contribution >= 0.6 is 0 Å². The molecule has 7 saturated heterocycles. The third-order valence-electron chi connectivity index (χ3n) is 21.6. The van der Waals surface area contributed by atoms with E-state index in [1.165, 1.54) is 53.7 Å². The lowest BCUT2D eigenvalue weighted by Gasteiger charge is -2.45. The first-order chi connectivity index (χ1) is 41.3. The molecule has 1 spiro atoms. The van der Waals surface area contributed by atoms with Gasteiger partial charge in [0, 0.05) is 111 Å². The number of carbonyl (C=O) groups is 4. The van der Waals surface area contributed by atoms with Crippen LogP contribution < -0.4 is 20.5 Å². The monoisotopic (exact) mass is 1200 g/mol. The summed E-state index contributed by atoms with van der Waals surface area (Å²) in [7, 11) is -1.25. The van der Waals surface area contributed by atoms with Gasteiger partial charge in [-0.3, -0.25) is 39.0 Å². The van der Waals surface area contributed by atoms with E-state index in [1.54, 1.807) is 5.01 Å². The van der Waals surface area contributed by atoms with Crippen LogP contribution in [0, 0.1) is 22.7 Å². The van der Waals surface area contributed by atoms with Crippen LogP contribution in [0.3, 0.4) is 0 Å². The maximum Gasteiger partial charge on any atom is 0.324 e. The van der Waals surface area contributed by atoms with Crippen LogP contribution in [0.1, 0.15) is 162 Å². The standard InChI is InChI=1S/C67H99N11O7S/c1-9-76-55-22-21-46-33-50(55)52(59(76)51-34-48(37-68-56(51)43(2)3)72-30-29-71-25-13-12-17-47(71)38-72)36-66(7,8)42-85-64(82)53-18-14-26-77(70-53)62(80)54(35-49-39-73(46)31-32-84-49)69-61(79)58(44-15-10-11-16-44)74-27-23-67(40-74)24-28-75(41-67)63(81)60-57(45-19-20-45)78(60)86(83)65(4,5)6/h21-22,33-34,37,43-45,47,49,53-54,57-58,60,70H,9-20,23-32,35-36,38-42H2,1-8H3,(H,69,79)/t47-,49+,53+,54+,57-,58+,60-,67+,78?,86-/m1/s1. The van der Waals surface area contributed by atoms with Gasteiger partial charge in [-0.2, -0.15) is 0 Å². The van der Waals surface area contributed by atoms with Crippen LogP contribution in [0.15, 0.2) is 30.5 Å². The van der Waals surface area contributed by atoms with Crippen LogP contribution in [-0.2, 0) is 52.6 Å². The molecule has 18 nitrogen and oxygen atoms in total. The number of rotatable bonds is 11. The normalized spacial score (nSPS) is 31.3. The molecule has 10 aliphatic rings. The third kappa shape index (κ3) is 11.9. The molecule has 470 valence electrons. The number of pyridine rings is 1. The summed E-state index contributed by atoms with van der Waals surface area (Å²) in [5.74, 6) is 0.103. The van der Waals surface area contributed by atoms with Gasteiger partial charge in [0.1, 0.15) is 29.1 Å². The molecular formula is C67H99N11O7S. The molecule has 2 aliphatic carbocycles. The highest BCUT2D eigenvalue weighted by Gasteiger charge is 2.64. The van der Waals surface area contributed by atoms with E-state index in [-0.39, 0.29) is 72.2 Å². The Balaban J connectivity index is 0.788. The summed E-state index contributed by atoms with van der Waals surface area (Å²) in [6.07, 6.45) is 15.6. The predicted molar refractivity (Wildman–Crippen MR) is 337 cm³/mol. The number of hydrazine groups is 1. The van der Waals surface area contributed by atoms with Crippen LogP contribution in [0.2, 0.25) is 0 Å². The molecule has 2 N–H and O–H groups in total. The number of anilines is 2. The van der Waals surface area contributed by atoms with Gasteiger partial charge in [0.05, 0.1) is 59.4 Å². The van der Waals surface area contributed by atoms with Crippen LogP contribution in [0.4, 0.5) is 11.4 Å². The Morgan fingerprint density at radius 1 is 0.872 bits per heavy atom. The predicted octanol–water partition coefficient (Wildman–Crippen LogP) is 7.63. The second-order valence-electron chi connectivity index (χ2n) is 29.9. The number of carbonyl (C=O) groups excluding carboxylic acids is 4. The van der Waals surface area contributed by atoms with Gasteiger partial charge in [-0.15, -0.1) is 0 Å². The van der Waals surface area contributed by atoms with Crippen molar-refractivity contribution in [2.75, 3.05) is 95.0 Å². The van der Waals surface area contributed by atoms with Crippen LogP contribution in [-0.4, -0.2) is 194 Å². The van der Waals surface area contributed by atoms with Crippen LogP contribution in [0.25, 0.3) is 22.2 Å². The lowest BCUT2D eigenvalue weighted by atomic mass is 9.84. The minimum atomic E-state index is -1.25. The first-order valence-corrected chi connectivity index (χ1v) is 34.7. The number of hydrogen-bond donors (Lipinski definition) is 2. The second-order valence-corrected chi connectivity index (χ2v) is 32.0. The van der Waals surface area contributed by atoms with Crippen molar-refractivity contribution in [3.05, 3.63) is 41.7 Å². The molecule has 8 aliphatic heterocycles. The molecule has 1 aromatic carbocycles. The molecule has 10 atom stereocenters. The lowest BCUT2D eigenvalue weighted by Crippen LogP contribution is -2.62. The Bertz CT molecular complexity index is 3080. The zero-order chi connectivity index (χ0) is 60.0. The van der Waals surface area contributed by atoms with Gasteiger partial charge in [0.2, 0.25) is 11.8 Å². The molecule has 0 radical (unpaired) electrons. The highest BCUT2D eigenvalue weighted by molar-refractivity contribution is 7.84. The molecule has 13 rings (SSSR count). The number of fused-ring (bicyclic) bond motifs is 7. The molecule has 3 aromatic rings. The van der Waals surface area contributed by atoms with Gasteiger partial charge in [-0.1, -0.05) is 47.0 Å². The number of morpholine rings is 1. The van der Waals surface area contributed by atoms with Gasteiger partial charge in [0.25, 0.3) is 5.91 Å². The van der Waals surface area contributed by atoms with E-state index >= 15 is 9.59 Å². The minimum Gasteiger partial charge on any atom is -0.464 e. The molecule has 2 aromatic heterocycles. The number of hydrogen-bond acceptors (Lipinski definition) is 13. The molecular weight excluding hydrogens is 1100 g/mol. The summed E-state index contributed by atoms with van der Waals surface area (Å²) >= 11 is 0. The molecule has 10 heterocycles. The van der Waals surface area contributed by atoms with E-state index in [9.17, 15) is 13.8 Å². The van der Waals surface area contributed by atoms with Crippen molar-refractivity contribution in [1.29, 1.82) is 0 Å². The van der Waals surface area contributed by atoms with Crippen molar-refractivity contribution < 1.29 is 32.9 Å². The van der Waals surface area contributed by atoms with E-state index < -0.39 is 39.3 Å². The highest BCUT2D eigenvalue weighted by atomic mass is 32.2. The van der Waals surface area contributed by atoms with E-state index in [0.29, 0.717) is 77.1 Å². The number of likely N-dealkylation sites (tertiary alicyclic amines) is 2. The molecule has 9 fully saturated rings. The maximum atomic E-state index is 15.5. The van der Waals surface area contributed by atoms with E-state index in [4.69, 9.17) is 14.5 Å². The number of aromatic nitrogens is 2. The fraction of sp³-hybridized carbons (Fsp3) is 0.746. The van der Waals surface area contributed by atoms with Crippen molar-refractivity contribution in [1.82, 2.24) is 44.3 Å². The SMILES string of the molecule is CCn1c(-c2cc(N3CCN4CCCC[C@@H]4C3)cnc2C(C)C)c2c3cc(ccc31)N1CCO[C@@H](C[C@H](NC(=O)[C@H](C3CCCC3)N3CC[C@]4(CCN(C(=O)[C@H]5[C@@H](C6CC6)N5[S@](=O)C(C)(C)C)C4)C3)C(=O)N3CCC[C@H](N3)C(=O)OCC(C)(C)C2)C1. The Hall–Kier alpha value is -4.66. The largest absolute Gasteiger partial charge is 0.464 e. The average Bonchev–Trinajstić information content (AvgIpc) is 1.64. The van der Waals surface area contributed by atoms with Gasteiger partial charge in [-0.25, -0.2) is 13.9 Å². The highest BCUT2D eigenvalue weighted by Crippen LogP contribution is 2.52. The van der Waals surface area contributed by atoms with Crippen LogP contribution in [0.5, 0.6) is 0 Å². The number of nitrogens with one attached hydrogen (secondary N) is 2. The Morgan fingerprint density at radius 2 is 1.65 bits per heavy atom. The summed E-state index contributed by atoms with van der Waals surface area (Å²) in [6.45, 7) is 27.2. The number of piperazine rings is 1. The Morgan fingerprint density at radius 3 is 2.42 bits per heavy atom. The molecule has 6 bridgehead atoms. The molecule has 19 heteroatoms. The van der Waals surface area contributed by atoms with Gasteiger partial charge < -0.3 is 34.1 Å². The summed E-state index contributed by atoms with van der Waals surface area (Å²) in [5, 5.41) is 6.16. The van der Waals surface area contributed by atoms with Crippen molar-refractivity contribution in [2.45, 2.75) is 211 Å². The molecule has 86 heavy (non-hydrogen) atoms. The van der Waals surface area contributed by atoms with Crippen molar-refractivity contribution in [2.24, 2.45) is 22.7 Å². The minimum absolute atomic E-state index is 0.0679. The molecule has 1 unspecified atom stereocenters. The number of piperidine rings is 1. The van der Waals surface area contributed by atoms with E-state index in [2.05, 4.69) is 100.0 Å². The number of amides is 3. The Kier molecular flexibility index (Phi) is 16.8. The quantitative estimate of drug-likeness (QED) is 0.142. The fourth-order valence-electron chi connectivity index (χ4n) is 16.9. The smallest absolute Gasteiger partial charge is 0.324 e. The molecule has 2 saturated carbocycles. The van der Waals surface area contributed by atoms with Gasteiger partial charge in [-0.05, 0) is 159 Å². The van der Waals surface area contributed by atoms with Gasteiger partial charge in [0.15, 0.2) is 0 Å². The third-order valence-corrected chi connectivity index (χ3v) is 23.5. The topological polar surface area (TPSA) is 168 Å². The Labute approximate surface area is 513 Å². The number of aryl methyl sites for hydroxylation is 1. The number of ether oxygens (including phenoxy) is 2. The fourth-order valence-corrected chi connectivity index (χ4v) is 18.4. The summed E-state index contributed by atoms with van der Waals surface area (Å²) in [6, 6.07) is 7.56. The summed E-state index contributed by atoms with van der Waals surface area (Å²) < 4.78 is 30.8. The van der Waals surface area contributed by atoms with E-state index in [1.807, 2.05) is 30.0 Å². The van der Waals surface area contributed by atoms with E-state index in [0.717, 1.165) is 101 Å². The zero-order valence-corrected chi connectivity index (χ0v) is 53.8. The number of nitrogens with zero attached hydrogens (tertiary/aromatic N) is 9. The summed E-state index contributed by atoms with van der Waals surface area (Å²) in [4.78, 5) is 77.0. The van der Waals surface area contributed by atoms with Crippen molar-refractivity contribution in [3.8, 4) is 11.3 Å². The number of esters is 1. The molecule has 3 amide bonds. The number of benzene rings is 1. The van der Waals surface area contributed by atoms with Gasteiger partial charge >= 0.3 is 5.97 Å². The van der Waals surface area contributed by atoms with Crippen molar-refractivity contribution in [3.63, 3.8) is 0 Å². The van der Waals surface area contributed by atoms with Crippen molar-refractivity contribution >= 4 is 57.0 Å². The zero-order valence-electron chi connectivity index (χ0n) is 53.0. The second kappa shape index (κ2) is 23.9. The average molecular weight is 1200 g/mol.